The topological polar surface area (TPSA) is 64.8 Å². The van der Waals surface area contributed by atoms with E-state index in [1.807, 2.05) is 0 Å². The van der Waals surface area contributed by atoms with Crippen LogP contribution in [0.2, 0.25) is 0 Å². The Kier molecular flexibility index (Phi) is 3.34. The fourth-order valence-corrected chi connectivity index (χ4v) is 5.74. The van der Waals surface area contributed by atoms with Crippen molar-refractivity contribution in [3.8, 4) is 0 Å². The number of hydrogen-bond acceptors (Lipinski definition) is 4. The van der Waals surface area contributed by atoms with Crippen LogP contribution in [-0.2, 0) is 27.2 Å². The molecule has 6 rings (SSSR count). The van der Waals surface area contributed by atoms with E-state index in [2.05, 4.69) is 29.2 Å². The van der Waals surface area contributed by atoms with Gasteiger partial charge in [0.2, 0.25) is 5.91 Å². The Balaban J connectivity index is 1.45. The summed E-state index contributed by atoms with van der Waals surface area (Å²) in [5, 5.41) is 0. The molecule has 0 radical (unpaired) electrons. The molecule has 5 nitrogen and oxygen atoms in total. The van der Waals surface area contributed by atoms with Crippen LogP contribution in [0.5, 0.6) is 0 Å². The van der Waals surface area contributed by atoms with E-state index in [1.54, 1.807) is 0 Å². The van der Waals surface area contributed by atoms with Gasteiger partial charge in [0.05, 0.1) is 16.6 Å². The number of rotatable bonds is 2. The highest BCUT2D eigenvalue weighted by Gasteiger charge is 2.77. The standard InChI is InChI=1S/C20H26N2O3/c21-14-18-12-19(13-18,20(25-18)6-9-24-10-7-20)17(23)22-8-5-15-3-1-2-4-16(15)11-22/h1-4H,5-14,21H2. The van der Waals surface area contributed by atoms with Gasteiger partial charge < -0.3 is 20.1 Å². The first-order chi connectivity index (χ1) is 12.1. The molecule has 4 heterocycles. The first-order valence-corrected chi connectivity index (χ1v) is 9.46. The largest absolute Gasteiger partial charge is 0.381 e. The fourth-order valence-electron chi connectivity index (χ4n) is 5.74. The van der Waals surface area contributed by atoms with E-state index in [0.29, 0.717) is 19.8 Å². The lowest BCUT2D eigenvalue weighted by Gasteiger charge is -2.50. The molecule has 2 bridgehead atoms. The van der Waals surface area contributed by atoms with Crippen LogP contribution >= 0.6 is 0 Å². The van der Waals surface area contributed by atoms with Crippen LogP contribution < -0.4 is 5.73 Å². The molecule has 2 N–H and O–H groups in total. The first kappa shape index (κ1) is 15.8. The van der Waals surface area contributed by atoms with Crippen LogP contribution in [0.4, 0.5) is 0 Å². The Morgan fingerprint density at radius 3 is 2.60 bits per heavy atom. The predicted molar refractivity (Wildman–Crippen MR) is 92.9 cm³/mol. The molecule has 5 heteroatoms. The molecule has 3 saturated heterocycles. The van der Waals surface area contributed by atoms with Gasteiger partial charge in [-0.2, -0.15) is 0 Å². The monoisotopic (exact) mass is 342 g/mol. The summed E-state index contributed by atoms with van der Waals surface area (Å²) in [4.78, 5) is 15.7. The summed E-state index contributed by atoms with van der Waals surface area (Å²) in [6.07, 6.45) is 4.13. The maximum atomic E-state index is 13.7. The zero-order chi connectivity index (χ0) is 17.1. The zero-order valence-electron chi connectivity index (χ0n) is 14.6. The average Bonchev–Trinajstić information content (AvgIpc) is 3.05. The van der Waals surface area contributed by atoms with E-state index in [4.69, 9.17) is 15.2 Å². The Morgan fingerprint density at radius 1 is 1.16 bits per heavy atom. The van der Waals surface area contributed by atoms with Gasteiger partial charge in [-0.05, 0) is 30.4 Å². The first-order valence-electron chi connectivity index (χ1n) is 9.46. The van der Waals surface area contributed by atoms with Crippen molar-refractivity contribution in [1.82, 2.24) is 4.90 Å². The van der Waals surface area contributed by atoms with Gasteiger partial charge in [-0.1, -0.05) is 24.3 Å². The van der Waals surface area contributed by atoms with Crippen molar-refractivity contribution in [3.05, 3.63) is 35.4 Å². The van der Waals surface area contributed by atoms with Crippen LogP contribution in [0.3, 0.4) is 0 Å². The molecular formula is C20H26N2O3. The Labute approximate surface area is 148 Å². The summed E-state index contributed by atoms with van der Waals surface area (Å²) >= 11 is 0. The highest BCUT2D eigenvalue weighted by Crippen LogP contribution is 2.69. The fraction of sp³-hybridized carbons (Fsp3) is 0.650. The van der Waals surface area contributed by atoms with Crippen molar-refractivity contribution >= 4 is 5.91 Å². The third kappa shape index (κ3) is 2.03. The number of hydrogen-bond donors (Lipinski definition) is 1. The smallest absolute Gasteiger partial charge is 0.232 e. The summed E-state index contributed by atoms with van der Waals surface area (Å²) in [5.74, 6) is 0.283. The lowest BCUT2D eigenvalue weighted by atomic mass is 9.53. The molecule has 0 unspecified atom stereocenters. The molecule has 1 saturated carbocycles. The number of benzene rings is 1. The molecule has 0 atom stereocenters. The third-order valence-corrected chi connectivity index (χ3v) is 7.03. The molecule has 1 amide bonds. The average molecular weight is 342 g/mol. The van der Waals surface area contributed by atoms with Crippen molar-refractivity contribution in [2.24, 2.45) is 11.1 Å². The van der Waals surface area contributed by atoms with E-state index < -0.39 is 0 Å². The van der Waals surface area contributed by atoms with E-state index in [-0.39, 0.29) is 22.5 Å². The van der Waals surface area contributed by atoms with Crippen LogP contribution in [0.1, 0.15) is 36.8 Å². The number of fused-ring (bicyclic) bond motifs is 1. The van der Waals surface area contributed by atoms with Crippen LogP contribution in [-0.4, -0.2) is 48.3 Å². The molecule has 134 valence electrons. The molecule has 1 aromatic rings. The number of nitrogens with two attached hydrogens (primary N) is 1. The molecule has 0 aromatic heterocycles. The van der Waals surface area contributed by atoms with Gasteiger partial charge in [0.15, 0.2) is 0 Å². The highest BCUT2D eigenvalue weighted by atomic mass is 16.6. The summed E-state index contributed by atoms with van der Waals surface area (Å²) in [7, 11) is 0. The van der Waals surface area contributed by atoms with Crippen molar-refractivity contribution in [1.29, 1.82) is 0 Å². The van der Waals surface area contributed by atoms with Gasteiger partial charge in [-0.3, -0.25) is 4.79 Å². The molecule has 4 aliphatic heterocycles. The van der Waals surface area contributed by atoms with Crippen molar-refractivity contribution in [2.45, 2.75) is 49.9 Å². The Morgan fingerprint density at radius 2 is 1.88 bits per heavy atom. The second-order valence-electron chi connectivity index (χ2n) is 8.28. The van der Waals surface area contributed by atoms with Crippen LogP contribution in [0, 0.1) is 5.41 Å². The van der Waals surface area contributed by atoms with Crippen molar-refractivity contribution < 1.29 is 14.3 Å². The number of carbonyl (C=O) groups is 1. The Bertz CT molecular complexity index is 705. The lowest BCUT2D eigenvalue weighted by molar-refractivity contribution is -0.158. The summed E-state index contributed by atoms with van der Waals surface area (Å²) in [5.41, 5.74) is 7.64. The lowest BCUT2D eigenvalue weighted by Crippen LogP contribution is -2.61. The predicted octanol–water partition coefficient (Wildman–Crippen LogP) is 1.63. The number of amides is 1. The maximum Gasteiger partial charge on any atom is 0.232 e. The molecule has 1 aromatic carbocycles. The second kappa shape index (κ2) is 5.29. The quantitative estimate of drug-likeness (QED) is 0.887. The Hall–Kier alpha value is -1.43. The molecule has 1 aliphatic carbocycles. The van der Waals surface area contributed by atoms with Crippen LogP contribution in [0.25, 0.3) is 0 Å². The number of nitrogens with zero attached hydrogens (tertiary/aromatic N) is 1. The highest BCUT2D eigenvalue weighted by molar-refractivity contribution is 5.87. The maximum absolute atomic E-state index is 13.7. The third-order valence-electron chi connectivity index (χ3n) is 7.03. The number of ether oxygens (including phenoxy) is 2. The molecule has 4 fully saturated rings. The summed E-state index contributed by atoms with van der Waals surface area (Å²) in [6.45, 7) is 3.39. The molecule has 5 aliphatic rings. The molecular weight excluding hydrogens is 316 g/mol. The van der Waals surface area contributed by atoms with Gasteiger partial charge in [0.25, 0.3) is 0 Å². The van der Waals surface area contributed by atoms with E-state index in [9.17, 15) is 4.79 Å². The van der Waals surface area contributed by atoms with Gasteiger partial charge in [-0.15, -0.1) is 0 Å². The minimum absolute atomic E-state index is 0.277. The summed E-state index contributed by atoms with van der Waals surface area (Å²) < 4.78 is 12.1. The minimum atomic E-state index is -0.386. The molecule has 25 heavy (non-hydrogen) atoms. The summed E-state index contributed by atoms with van der Waals surface area (Å²) in [6, 6.07) is 8.47. The van der Waals surface area contributed by atoms with Gasteiger partial charge >= 0.3 is 0 Å². The van der Waals surface area contributed by atoms with Gasteiger partial charge in [0.1, 0.15) is 0 Å². The minimum Gasteiger partial charge on any atom is -0.381 e. The van der Waals surface area contributed by atoms with E-state index in [0.717, 1.165) is 45.2 Å². The normalized spacial score (nSPS) is 35.3. The van der Waals surface area contributed by atoms with Crippen LogP contribution in [0.15, 0.2) is 24.3 Å². The van der Waals surface area contributed by atoms with Crippen molar-refractivity contribution in [2.75, 3.05) is 26.3 Å². The molecule has 1 spiro atoms. The van der Waals surface area contributed by atoms with E-state index in [1.165, 1.54) is 11.1 Å². The van der Waals surface area contributed by atoms with E-state index >= 15 is 0 Å². The van der Waals surface area contributed by atoms with Crippen molar-refractivity contribution in [3.63, 3.8) is 0 Å². The second-order valence-corrected chi connectivity index (χ2v) is 8.28. The zero-order valence-corrected chi connectivity index (χ0v) is 14.6. The van der Waals surface area contributed by atoms with Gasteiger partial charge in [0, 0.05) is 45.7 Å². The van der Waals surface area contributed by atoms with Gasteiger partial charge in [-0.25, -0.2) is 0 Å². The number of carbonyl (C=O) groups excluding carboxylic acids is 1. The SMILES string of the molecule is NCC12CC(C(=O)N3CCc4ccccc4C3)(C1)C1(CCOCC1)O2.